The molecule has 3 rings (SSSR count). The summed E-state index contributed by atoms with van der Waals surface area (Å²) < 4.78 is 0. The largest absolute Gasteiger partial charge is 0.192 e. The van der Waals surface area contributed by atoms with Gasteiger partial charge in [0.25, 0.3) is 0 Å². The van der Waals surface area contributed by atoms with E-state index in [9.17, 15) is 0 Å². The van der Waals surface area contributed by atoms with Gasteiger partial charge >= 0.3 is 0 Å². The highest BCUT2D eigenvalue weighted by Crippen LogP contribution is 2.38. The van der Waals surface area contributed by atoms with Crippen LogP contribution in [0.5, 0.6) is 0 Å². The molecule has 0 aromatic heterocycles. The summed E-state index contributed by atoms with van der Waals surface area (Å²) in [6, 6.07) is 15.4. The van der Waals surface area contributed by atoms with Crippen molar-refractivity contribution in [3.63, 3.8) is 0 Å². The topological polar surface area (TPSA) is 23.8 Å². The zero-order chi connectivity index (χ0) is 20.3. The highest BCUT2D eigenvalue weighted by Gasteiger charge is 2.23. The maximum atomic E-state index is 8.96. The minimum absolute atomic E-state index is 0.361. The Labute approximate surface area is 181 Å². The Kier molecular flexibility index (Phi) is 9.54. The van der Waals surface area contributed by atoms with E-state index in [1.807, 2.05) is 12.1 Å². The van der Waals surface area contributed by atoms with E-state index in [2.05, 4.69) is 30.9 Å². The van der Waals surface area contributed by atoms with Gasteiger partial charge in [-0.2, -0.15) is 5.26 Å². The molecule has 29 heavy (non-hydrogen) atoms. The van der Waals surface area contributed by atoms with Gasteiger partial charge in [0.2, 0.25) is 0 Å². The lowest BCUT2D eigenvalue weighted by molar-refractivity contribution is 0.297. The Hall–Kier alpha value is -1.33. The number of benzene rings is 1. The number of nitriles is 1. The first-order valence-electron chi connectivity index (χ1n) is 12.4. The molecule has 0 bridgehead atoms. The molecular formula is C27H41NSi. The number of unbranched alkanes of at least 4 members (excludes halogenated alkanes) is 2. The van der Waals surface area contributed by atoms with Gasteiger partial charge in [0.05, 0.1) is 11.6 Å². The predicted octanol–water partition coefficient (Wildman–Crippen LogP) is 8.00. The number of nitrogens with zero attached hydrogens (tertiary/aromatic N) is 1. The number of allylic oxidation sites excluding steroid dienone is 1. The van der Waals surface area contributed by atoms with Crippen molar-refractivity contribution in [3.8, 4) is 6.07 Å². The maximum Gasteiger partial charge on any atom is 0.0991 e. The fourth-order valence-electron chi connectivity index (χ4n) is 5.84. The van der Waals surface area contributed by atoms with Gasteiger partial charge in [0.1, 0.15) is 0 Å². The minimum Gasteiger partial charge on any atom is -0.192 e. The quantitative estimate of drug-likeness (QED) is 0.219. The normalized spacial score (nSPS) is 27.3. The van der Waals surface area contributed by atoms with Crippen molar-refractivity contribution < 1.29 is 0 Å². The van der Waals surface area contributed by atoms with E-state index in [-0.39, 0.29) is 8.80 Å². The standard InChI is InChI=1S/C27H41NSi/c1-2-3-6-19-29-20-17-24(18-21-29)8-5-4-7-23-9-13-26(14-10-23)27-15-11-25(22-28)12-16-27/h2,11-12,15-16,23-24,26,29H,1,3-10,13-14,17-21H2/t23-,24?,26-,29?. The molecular weight excluding hydrogens is 366 g/mol. The van der Waals surface area contributed by atoms with E-state index < -0.39 is 0 Å². The first-order chi connectivity index (χ1) is 14.3. The summed E-state index contributed by atoms with van der Waals surface area (Å²) in [7, 11) is -0.361. The van der Waals surface area contributed by atoms with Crippen molar-refractivity contribution in [2.24, 2.45) is 11.8 Å². The van der Waals surface area contributed by atoms with Gasteiger partial charge < -0.3 is 0 Å². The predicted molar refractivity (Wildman–Crippen MR) is 128 cm³/mol. The van der Waals surface area contributed by atoms with Crippen LogP contribution in [0.1, 0.15) is 94.1 Å². The molecule has 1 aliphatic carbocycles. The lowest BCUT2D eigenvalue weighted by Gasteiger charge is -2.29. The lowest BCUT2D eigenvalue weighted by Crippen LogP contribution is -2.21. The minimum atomic E-state index is -0.361. The Balaban J connectivity index is 1.24. The molecule has 1 saturated carbocycles. The molecule has 1 heterocycles. The Bertz CT molecular complexity index is 627. The van der Waals surface area contributed by atoms with E-state index in [0.717, 1.165) is 23.3 Å². The van der Waals surface area contributed by atoms with Gasteiger partial charge in [0, 0.05) is 8.80 Å². The van der Waals surface area contributed by atoms with Crippen molar-refractivity contribution >= 4 is 8.80 Å². The molecule has 158 valence electrons. The van der Waals surface area contributed by atoms with Crippen LogP contribution in [0.25, 0.3) is 0 Å². The highest BCUT2D eigenvalue weighted by molar-refractivity contribution is 6.58. The van der Waals surface area contributed by atoms with Crippen LogP contribution in [0.3, 0.4) is 0 Å². The van der Waals surface area contributed by atoms with E-state index in [4.69, 9.17) is 5.26 Å². The summed E-state index contributed by atoms with van der Waals surface area (Å²) in [5.41, 5.74) is 2.23. The molecule has 0 amide bonds. The second kappa shape index (κ2) is 12.4. The van der Waals surface area contributed by atoms with Gasteiger partial charge in [-0.3, -0.25) is 0 Å². The summed E-state index contributed by atoms with van der Waals surface area (Å²) in [6.07, 6.45) is 19.3. The monoisotopic (exact) mass is 407 g/mol. The van der Waals surface area contributed by atoms with E-state index >= 15 is 0 Å². The average Bonchev–Trinajstić information content (AvgIpc) is 2.78. The summed E-state index contributed by atoms with van der Waals surface area (Å²) in [5.74, 6) is 2.76. The summed E-state index contributed by atoms with van der Waals surface area (Å²) in [5, 5.41) is 8.96. The van der Waals surface area contributed by atoms with Crippen molar-refractivity contribution in [1.82, 2.24) is 0 Å². The van der Waals surface area contributed by atoms with Crippen LogP contribution in [0.4, 0.5) is 0 Å². The molecule has 2 aliphatic rings. The molecule has 1 aliphatic heterocycles. The van der Waals surface area contributed by atoms with Crippen LogP contribution in [0, 0.1) is 23.2 Å². The highest BCUT2D eigenvalue weighted by atomic mass is 28.3. The first kappa shape index (κ1) is 22.4. The lowest BCUT2D eigenvalue weighted by atomic mass is 9.77. The van der Waals surface area contributed by atoms with Crippen LogP contribution in [0.2, 0.25) is 18.1 Å². The molecule has 1 saturated heterocycles. The van der Waals surface area contributed by atoms with Crippen LogP contribution >= 0.6 is 0 Å². The van der Waals surface area contributed by atoms with E-state index in [0.29, 0.717) is 0 Å². The summed E-state index contributed by atoms with van der Waals surface area (Å²) >= 11 is 0. The van der Waals surface area contributed by atoms with Crippen molar-refractivity contribution in [1.29, 1.82) is 5.26 Å². The molecule has 1 aromatic carbocycles. The van der Waals surface area contributed by atoms with Crippen molar-refractivity contribution in [3.05, 3.63) is 48.0 Å². The third-order valence-corrected chi connectivity index (χ3v) is 11.3. The summed E-state index contributed by atoms with van der Waals surface area (Å²) in [6.45, 7) is 3.86. The molecule has 2 heteroatoms. The van der Waals surface area contributed by atoms with Gasteiger partial charge in [-0.1, -0.05) is 81.3 Å². The maximum absolute atomic E-state index is 8.96. The molecule has 0 radical (unpaired) electrons. The SMILES string of the molecule is C=CCCC[SiH]1CCC(CCCC[C@H]2CC[C@H](c3ccc(C#N)cc3)CC2)CC1. The number of hydrogen-bond donors (Lipinski definition) is 0. The first-order valence-corrected chi connectivity index (χ1v) is 14.8. The van der Waals surface area contributed by atoms with Crippen LogP contribution in [-0.2, 0) is 0 Å². The zero-order valence-corrected chi connectivity index (χ0v) is 19.6. The van der Waals surface area contributed by atoms with Crippen LogP contribution in [-0.4, -0.2) is 8.80 Å². The van der Waals surface area contributed by atoms with Crippen molar-refractivity contribution in [2.45, 2.75) is 101 Å². The molecule has 0 N–H and O–H groups in total. The Morgan fingerprint density at radius 1 is 0.897 bits per heavy atom. The second-order valence-corrected chi connectivity index (χ2v) is 13.3. The van der Waals surface area contributed by atoms with Crippen molar-refractivity contribution in [2.75, 3.05) is 0 Å². The zero-order valence-electron chi connectivity index (χ0n) is 18.5. The number of rotatable bonds is 10. The molecule has 2 fully saturated rings. The molecule has 1 nitrogen and oxygen atoms in total. The van der Waals surface area contributed by atoms with Gasteiger partial charge in [-0.15, -0.1) is 6.58 Å². The molecule has 0 atom stereocenters. The van der Waals surface area contributed by atoms with E-state index in [1.54, 1.807) is 31.0 Å². The van der Waals surface area contributed by atoms with Crippen LogP contribution < -0.4 is 0 Å². The third kappa shape index (κ3) is 7.45. The number of hydrogen-bond acceptors (Lipinski definition) is 1. The average molecular weight is 408 g/mol. The summed E-state index contributed by atoms with van der Waals surface area (Å²) in [4.78, 5) is 0. The fourth-order valence-corrected chi connectivity index (χ4v) is 9.40. The van der Waals surface area contributed by atoms with Gasteiger partial charge in [-0.05, 0) is 67.6 Å². The van der Waals surface area contributed by atoms with Gasteiger partial charge in [0.15, 0.2) is 0 Å². The molecule has 1 aromatic rings. The second-order valence-electron chi connectivity index (χ2n) is 9.84. The molecule has 0 spiro atoms. The fraction of sp³-hybridized carbons (Fsp3) is 0.667. The van der Waals surface area contributed by atoms with E-state index in [1.165, 1.54) is 69.8 Å². The molecule has 0 unspecified atom stereocenters. The Morgan fingerprint density at radius 3 is 2.10 bits per heavy atom. The van der Waals surface area contributed by atoms with Crippen LogP contribution in [0.15, 0.2) is 36.9 Å². The Morgan fingerprint density at radius 2 is 1.52 bits per heavy atom. The van der Waals surface area contributed by atoms with Gasteiger partial charge in [-0.25, -0.2) is 0 Å². The smallest absolute Gasteiger partial charge is 0.0991 e. The third-order valence-electron chi connectivity index (χ3n) is 7.82.